The highest BCUT2D eigenvalue weighted by atomic mass is 35.5. The van der Waals surface area contributed by atoms with Crippen molar-refractivity contribution in [3.63, 3.8) is 0 Å². The number of esters is 1. The van der Waals surface area contributed by atoms with Crippen LogP contribution in [0, 0.1) is 0 Å². The fourth-order valence-corrected chi connectivity index (χ4v) is 2.87. The van der Waals surface area contributed by atoms with Crippen molar-refractivity contribution in [2.24, 2.45) is 0 Å². The Bertz CT molecular complexity index is 799. The van der Waals surface area contributed by atoms with Gasteiger partial charge in [0.15, 0.2) is 23.9 Å². The predicted molar refractivity (Wildman–Crippen MR) is 93.1 cm³/mol. The molecule has 0 fully saturated rings. The third-order valence-corrected chi connectivity index (χ3v) is 4.20. The molecule has 0 unspecified atom stereocenters. The maximum Gasteiger partial charge on any atom is 0.341 e. The van der Waals surface area contributed by atoms with Crippen LogP contribution >= 0.6 is 23.2 Å². The van der Waals surface area contributed by atoms with E-state index in [2.05, 4.69) is 0 Å². The summed E-state index contributed by atoms with van der Waals surface area (Å²) in [6, 6.07) is 9.52. The van der Waals surface area contributed by atoms with Gasteiger partial charge in [-0.3, -0.25) is 4.79 Å². The van der Waals surface area contributed by atoms with E-state index in [1.54, 1.807) is 24.3 Å². The van der Waals surface area contributed by atoms with E-state index in [1.165, 1.54) is 12.1 Å². The molecule has 7 heteroatoms. The summed E-state index contributed by atoms with van der Waals surface area (Å²) in [5.41, 5.74) is 0.402. The minimum absolute atomic E-state index is 0.0392. The number of fused-ring (bicyclic) bond motifs is 1. The number of ketones is 1. The van der Waals surface area contributed by atoms with Crippen LogP contribution in [0.4, 0.5) is 0 Å². The zero-order valence-electron chi connectivity index (χ0n) is 13.1. The topological polar surface area (TPSA) is 61.8 Å². The minimum atomic E-state index is -0.752. The fraction of sp³-hybridized carbons (Fsp3) is 0.222. The Morgan fingerprint density at radius 3 is 2.40 bits per heavy atom. The zero-order valence-corrected chi connectivity index (χ0v) is 14.6. The highest BCUT2D eigenvalue weighted by Gasteiger charge is 2.19. The van der Waals surface area contributed by atoms with Gasteiger partial charge in [0.05, 0.1) is 28.8 Å². The van der Waals surface area contributed by atoms with Crippen molar-refractivity contribution in [2.45, 2.75) is 6.42 Å². The van der Waals surface area contributed by atoms with Crippen LogP contribution in [0.2, 0.25) is 10.0 Å². The van der Waals surface area contributed by atoms with Gasteiger partial charge in [0.25, 0.3) is 0 Å². The fourth-order valence-electron chi connectivity index (χ4n) is 2.32. The number of hydrogen-bond acceptors (Lipinski definition) is 5. The smallest absolute Gasteiger partial charge is 0.341 e. The number of rotatable bonds is 4. The van der Waals surface area contributed by atoms with Gasteiger partial charge in [-0.15, -0.1) is 0 Å². The molecule has 130 valence electrons. The van der Waals surface area contributed by atoms with E-state index < -0.39 is 12.6 Å². The van der Waals surface area contributed by atoms with E-state index in [9.17, 15) is 9.59 Å². The Balaban J connectivity index is 1.69. The first-order valence-corrected chi connectivity index (χ1v) is 8.36. The van der Waals surface area contributed by atoms with Crippen molar-refractivity contribution in [3.05, 3.63) is 57.6 Å². The molecule has 0 N–H and O–H groups in total. The second-order valence-electron chi connectivity index (χ2n) is 5.31. The van der Waals surface area contributed by atoms with Crippen molar-refractivity contribution in [2.75, 3.05) is 19.8 Å². The highest BCUT2D eigenvalue weighted by molar-refractivity contribution is 6.39. The molecule has 0 aliphatic carbocycles. The lowest BCUT2D eigenvalue weighted by Gasteiger charge is -2.10. The monoisotopic (exact) mass is 380 g/mol. The van der Waals surface area contributed by atoms with Gasteiger partial charge in [-0.25, -0.2) is 4.79 Å². The van der Waals surface area contributed by atoms with Gasteiger partial charge in [0, 0.05) is 12.0 Å². The van der Waals surface area contributed by atoms with Gasteiger partial charge < -0.3 is 14.2 Å². The molecule has 0 saturated carbocycles. The van der Waals surface area contributed by atoms with Crippen molar-refractivity contribution in [3.8, 4) is 11.5 Å². The standard InChI is InChI=1S/C18H14Cl2O5/c19-12-3-1-4-13(20)17(12)18(22)25-10-14(21)11-5-6-15-16(9-11)24-8-2-7-23-15/h1,3-6,9H,2,7-8,10H2. The summed E-state index contributed by atoms with van der Waals surface area (Å²) in [5.74, 6) is -0.0248. The molecule has 25 heavy (non-hydrogen) atoms. The highest BCUT2D eigenvalue weighted by Crippen LogP contribution is 2.30. The number of ether oxygens (including phenoxy) is 3. The number of halogens is 2. The second kappa shape index (κ2) is 7.76. The summed E-state index contributed by atoms with van der Waals surface area (Å²) >= 11 is 11.9. The molecule has 0 bridgehead atoms. The van der Waals surface area contributed by atoms with Crippen LogP contribution in [0.1, 0.15) is 27.1 Å². The number of carbonyl (C=O) groups excluding carboxylic acids is 2. The molecule has 1 aliphatic heterocycles. The predicted octanol–water partition coefficient (Wildman–Crippen LogP) is 4.19. The lowest BCUT2D eigenvalue weighted by atomic mass is 10.1. The van der Waals surface area contributed by atoms with Crippen LogP contribution in [-0.2, 0) is 4.74 Å². The van der Waals surface area contributed by atoms with Crippen LogP contribution in [0.15, 0.2) is 36.4 Å². The number of benzene rings is 2. The number of Topliss-reactive ketones (excluding diaryl/α,β-unsaturated/α-hetero) is 1. The molecular weight excluding hydrogens is 367 g/mol. The molecule has 3 rings (SSSR count). The van der Waals surface area contributed by atoms with E-state index >= 15 is 0 Å². The van der Waals surface area contributed by atoms with Crippen molar-refractivity contribution in [1.29, 1.82) is 0 Å². The first-order chi connectivity index (χ1) is 12.1. The maximum atomic E-state index is 12.3. The summed E-state index contributed by atoms with van der Waals surface area (Å²) in [6.07, 6.45) is 0.772. The summed E-state index contributed by atoms with van der Waals surface area (Å²) in [6.45, 7) is 0.654. The molecule has 0 spiro atoms. The van der Waals surface area contributed by atoms with E-state index in [1.807, 2.05) is 0 Å². The van der Waals surface area contributed by atoms with E-state index in [0.29, 0.717) is 30.3 Å². The Morgan fingerprint density at radius 2 is 1.68 bits per heavy atom. The molecule has 2 aromatic carbocycles. The normalized spacial score (nSPS) is 13.0. The summed E-state index contributed by atoms with van der Waals surface area (Å²) in [4.78, 5) is 24.4. The van der Waals surface area contributed by atoms with E-state index in [0.717, 1.165) is 6.42 Å². The number of carbonyl (C=O) groups is 2. The van der Waals surface area contributed by atoms with Crippen LogP contribution in [0.3, 0.4) is 0 Å². The van der Waals surface area contributed by atoms with Gasteiger partial charge in [-0.05, 0) is 30.3 Å². The van der Waals surface area contributed by atoms with E-state index in [4.69, 9.17) is 37.4 Å². The molecule has 0 radical (unpaired) electrons. The van der Waals surface area contributed by atoms with Crippen LogP contribution in [0.25, 0.3) is 0 Å². The van der Waals surface area contributed by atoms with Crippen LogP contribution in [0.5, 0.6) is 11.5 Å². The maximum absolute atomic E-state index is 12.3. The molecule has 1 heterocycles. The molecule has 5 nitrogen and oxygen atoms in total. The van der Waals surface area contributed by atoms with Crippen LogP contribution in [-0.4, -0.2) is 31.6 Å². The van der Waals surface area contributed by atoms with Crippen molar-refractivity contribution >= 4 is 35.0 Å². The van der Waals surface area contributed by atoms with Gasteiger partial charge >= 0.3 is 5.97 Å². The molecule has 2 aromatic rings. The summed E-state index contributed by atoms with van der Waals surface area (Å²) < 4.78 is 16.1. The van der Waals surface area contributed by atoms with Gasteiger partial charge in [0.1, 0.15) is 0 Å². The largest absolute Gasteiger partial charge is 0.490 e. The second-order valence-corrected chi connectivity index (χ2v) is 6.12. The molecule has 0 saturated heterocycles. The molecule has 0 aromatic heterocycles. The molecular formula is C18H14Cl2O5. The van der Waals surface area contributed by atoms with E-state index in [-0.39, 0.29) is 21.4 Å². The quantitative estimate of drug-likeness (QED) is 0.587. The third-order valence-electron chi connectivity index (χ3n) is 3.57. The van der Waals surface area contributed by atoms with Crippen LogP contribution < -0.4 is 9.47 Å². The SMILES string of the molecule is O=C(COC(=O)c1c(Cl)cccc1Cl)c1ccc2c(c1)OCCCO2. The first-order valence-electron chi connectivity index (χ1n) is 7.60. The Kier molecular flexibility index (Phi) is 5.46. The average Bonchev–Trinajstić information content (AvgIpc) is 2.84. The van der Waals surface area contributed by atoms with Gasteiger partial charge in [-0.2, -0.15) is 0 Å². The van der Waals surface area contributed by atoms with Crippen molar-refractivity contribution in [1.82, 2.24) is 0 Å². The minimum Gasteiger partial charge on any atom is -0.490 e. The third kappa shape index (κ3) is 4.06. The number of hydrogen-bond donors (Lipinski definition) is 0. The zero-order chi connectivity index (χ0) is 17.8. The lowest BCUT2D eigenvalue weighted by Crippen LogP contribution is -2.15. The average molecular weight is 381 g/mol. The summed E-state index contributed by atoms with van der Waals surface area (Å²) in [5, 5.41) is 0.334. The molecule has 0 amide bonds. The Hall–Kier alpha value is -2.24. The lowest BCUT2D eigenvalue weighted by molar-refractivity contribution is 0.0475. The molecule has 1 aliphatic rings. The molecule has 0 atom stereocenters. The Morgan fingerprint density at radius 1 is 1.00 bits per heavy atom. The first kappa shape index (κ1) is 17.6. The van der Waals surface area contributed by atoms with Crippen molar-refractivity contribution < 1.29 is 23.8 Å². The summed E-state index contributed by atoms with van der Waals surface area (Å²) in [7, 11) is 0. The Labute approximate surface area is 154 Å². The van der Waals surface area contributed by atoms with Gasteiger partial charge in [-0.1, -0.05) is 29.3 Å². The van der Waals surface area contributed by atoms with Gasteiger partial charge in [0.2, 0.25) is 0 Å².